The Labute approximate surface area is 168 Å². The maximum absolute atomic E-state index is 12.9. The molecule has 1 N–H and O–H groups in total. The zero-order chi connectivity index (χ0) is 19.7. The van der Waals surface area contributed by atoms with E-state index in [1.807, 2.05) is 36.4 Å². The Hall–Kier alpha value is -2.47. The van der Waals surface area contributed by atoms with E-state index in [0.29, 0.717) is 22.1 Å². The molecule has 0 bridgehead atoms. The number of benzene rings is 1. The van der Waals surface area contributed by atoms with Gasteiger partial charge in [0.15, 0.2) is 0 Å². The third-order valence-corrected chi connectivity index (χ3v) is 7.04. The second-order valence-electron chi connectivity index (χ2n) is 7.81. The van der Waals surface area contributed by atoms with Crippen molar-refractivity contribution in [3.8, 4) is 10.4 Å². The summed E-state index contributed by atoms with van der Waals surface area (Å²) < 4.78 is 1.41. The highest BCUT2D eigenvalue weighted by atomic mass is 32.1. The van der Waals surface area contributed by atoms with Gasteiger partial charge in [0.1, 0.15) is 11.4 Å². The Morgan fingerprint density at radius 3 is 2.82 bits per heavy atom. The average molecular weight is 396 g/mol. The third kappa shape index (κ3) is 3.74. The predicted molar refractivity (Wildman–Crippen MR) is 113 cm³/mol. The van der Waals surface area contributed by atoms with Crippen molar-refractivity contribution in [1.82, 2.24) is 14.9 Å². The molecule has 1 aliphatic rings. The molecule has 6 heteroatoms. The van der Waals surface area contributed by atoms with Crippen LogP contribution in [0.3, 0.4) is 0 Å². The molecule has 2 heterocycles. The molecule has 1 aromatic carbocycles. The molecule has 4 rings (SSSR count). The van der Waals surface area contributed by atoms with Crippen LogP contribution in [-0.4, -0.2) is 21.5 Å². The molecule has 0 radical (unpaired) electrons. The zero-order valence-corrected chi connectivity index (χ0v) is 17.0. The monoisotopic (exact) mass is 395 g/mol. The lowest BCUT2D eigenvalue weighted by Crippen LogP contribution is -2.45. The minimum atomic E-state index is -0.163. The summed E-state index contributed by atoms with van der Waals surface area (Å²) in [4.78, 5) is 31.5. The standard InChI is InChI=1S/C22H25N3O2S/c1-14-7-6-10-18(15(14)2)24-20(26)12-25-13-23-21-17(22(25)27)11-19(28-21)16-8-4-3-5-9-16/h3-5,8-9,11,13-15,18H,6-7,10,12H2,1-2H3,(H,24,26). The molecule has 5 nitrogen and oxygen atoms in total. The Morgan fingerprint density at radius 2 is 2.04 bits per heavy atom. The lowest BCUT2D eigenvalue weighted by atomic mass is 9.78. The van der Waals surface area contributed by atoms with Gasteiger partial charge >= 0.3 is 0 Å². The molecular formula is C22H25N3O2S. The Bertz CT molecular complexity index is 1040. The van der Waals surface area contributed by atoms with Crippen LogP contribution in [0.5, 0.6) is 0 Å². The Balaban J connectivity index is 1.53. The summed E-state index contributed by atoms with van der Waals surface area (Å²) >= 11 is 1.50. The van der Waals surface area contributed by atoms with Crippen molar-refractivity contribution in [1.29, 1.82) is 0 Å². The average Bonchev–Trinajstić information content (AvgIpc) is 3.14. The number of hydrogen-bond acceptors (Lipinski definition) is 4. The van der Waals surface area contributed by atoms with Crippen LogP contribution in [0.4, 0.5) is 0 Å². The molecular weight excluding hydrogens is 370 g/mol. The maximum Gasteiger partial charge on any atom is 0.262 e. The highest BCUT2D eigenvalue weighted by Crippen LogP contribution is 2.31. The summed E-state index contributed by atoms with van der Waals surface area (Å²) in [7, 11) is 0. The molecule has 0 saturated heterocycles. The molecule has 1 amide bonds. The summed E-state index contributed by atoms with van der Waals surface area (Å²) in [5, 5.41) is 3.70. The summed E-state index contributed by atoms with van der Waals surface area (Å²) in [5.41, 5.74) is 0.901. The molecule has 28 heavy (non-hydrogen) atoms. The quantitative estimate of drug-likeness (QED) is 0.724. The second kappa shape index (κ2) is 7.87. The molecule has 146 valence electrons. The number of carbonyl (C=O) groups is 1. The van der Waals surface area contributed by atoms with Crippen LogP contribution >= 0.6 is 11.3 Å². The number of rotatable bonds is 4. The van der Waals surface area contributed by atoms with Crippen LogP contribution in [0.2, 0.25) is 0 Å². The topological polar surface area (TPSA) is 64.0 Å². The number of amides is 1. The van der Waals surface area contributed by atoms with Crippen LogP contribution in [0, 0.1) is 11.8 Å². The number of aromatic nitrogens is 2. The molecule has 0 aliphatic heterocycles. The Kier molecular flexibility index (Phi) is 5.31. The fourth-order valence-electron chi connectivity index (χ4n) is 4.01. The largest absolute Gasteiger partial charge is 0.352 e. The van der Waals surface area contributed by atoms with Gasteiger partial charge in [0, 0.05) is 10.9 Å². The first kappa shape index (κ1) is 18.9. The van der Waals surface area contributed by atoms with E-state index in [1.165, 1.54) is 28.7 Å². The van der Waals surface area contributed by atoms with E-state index in [4.69, 9.17) is 0 Å². The summed E-state index contributed by atoms with van der Waals surface area (Å²) in [5.74, 6) is 0.954. The van der Waals surface area contributed by atoms with E-state index in [0.717, 1.165) is 23.3 Å². The third-order valence-electron chi connectivity index (χ3n) is 5.94. The number of thiophene rings is 1. The summed E-state index contributed by atoms with van der Waals surface area (Å²) in [6.07, 6.45) is 4.85. The minimum Gasteiger partial charge on any atom is -0.352 e. The smallest absolute Gasteiger partial charge is 0.262 e. The highest BCUT2D eigenvalue weighted by Gasteiger charge is 2.28. The second-order valence-corrected chi connectivity index (χ2v) is 8.85. The van der Waals surface area contributed by atoms with Crippen LogP contribution in [0.1, 0.15) is 33.1 Å². The molecule has 1 aliphatic carbocycles. The number of fused-ring (bicyclic) bond motifs is 1. The first-order chi connectivity index (χ1) is 13.5. The lowest BCUT2D eigenvalue weighted by molar-refractivity contribution is -0.123. The first-order valence-corrected chi connectivity index (χ1v) is 10.7. The van der Waals surface area contributed by atoms with Crippen molar-refractivity contribution in [3.63, 3.8) is 0 Å². The number of nitrogens with zero attached hydrogens (tertiary/aromatic N) is 2. The number of hydrogen-bond donors (Lipinski definition) is 1. The lowest BCUT2D eigenvalue weighted by Gasteiger charge is -2.34. The van der Waals surface area contributed by atoms with E-state index < -0.39 is 0 Å². The van der Waals surface area contributed by atoms with Crippen molar-refractivity contribution in [3.05, 3.63) is 53.1 Å². The van der Waals surface area contributed by atoms with Gasteiger partial charge in [-0.15, -0.1) is 11.3 Å². The minimum absolute atomic E-state index is 0.00981. The van der Waals surface area contributed by atoms with Crippen LogP contribution in [0.15, 0.2) is 47.5 Å². The fraction of sp³-hybridized carbons (Fsp3) is 0.409. The molecule has 0 spiro atoms. The van der Waals surface area contributed by atoms with Crippen LogP contribution < -0.4 is 10.9 Å². The first-order valence-electron chi connectivity index (χ1n) is 9.86. The van der Waals surface area contributed by atoms with Crippen LogP contribution in [0.25, 0.3) is 20.7 Å². The van der Waals surface area contributed by atoms with Gasteiger partial charge < -0.3 is 5.32 Å². The van der Waals surface area contributed by atoms with Gasteiger partial charge in [0.05, 0.1) is 11.7 Å². The number of carbonyl (C=O) groups excluding carboxylic acids is 1. The van der Waals surface area contributed by atoms with Gasteiger partial charge in [0.2, 0.25) is 5.91 Å². The molecule has 3 aromatic rings. The maximum atomic E-state index is 12.9. The fourth-order valence-corrected chi connectivity index (χ4v) is 5.01. The van der Waals surface area contributed by atoms with Gasteiger partial charge in [0.25, 0.3) is 5.56 Å². The molecule has 3 atom stereocenters. The summed E-state index contributed by atoms with van der Waals surface area (Å²) in [6, 6.07) is 12.0. The van der Waals surface area contributed by atoms with Crippen molar-refractivity contribution in [2.75, 3.05) is 0 Å². The van der Waals surface area contributed by atoms with Gasteiger partial charge in [-0.2, -0.15) is 0 Å². The highest BCUT2D eigenvalue weighted by molar-refractivity contribution is 7.21. The normalized spacial score (nSPS) is 22.3. The van der Waals surface area contributed by atoms with E-state index in [-0.39, 0.29) is 24.1 Å². The summed E-state index contributed by atoms with van der Waals surface area (Å²) in [6.45, 7) is 4.45. The molecule has 2 aromatic heterocycles. The van der Waals surface area contributed by atoms with Crippen molar-refractivity contribution >= 4 is 27.5 Å². The van der Waals surface area contributed by atoms with Crippen molar-refractivity contribution < 1.29 is 4.79 Å². The van der Waals surface area contributed by atoms with Gasteiger partial charge in [-0.25, -0.2) is 4.98 Å². The molecule has 1 fully saturated rings. The van der Waals surface area contributed by atoms with E-state index in [2.05, 4.69) is 24.1 Å². The van der Waals surface area contributed by atoms with E-state index in [1.54, 1.807) is 0 Å². The van der Waals surface area contributed by atoms with E-state index >= 15 is 0 Å². The van der Waals surface area contributed by atoms with Gasteiger partial charge in [-0.05, 0) is 29.9 Å². The van der Waals surface area contributed by atoms with E-state index in [9.17, 15) is 9.59 Å². The van der Waals surface area contributed by atoms with Gasteiger partial charge in [-0.3, -0.25) is 14.2 Å². The Morgan fingerprint density at radius 1 is 1.25 bits per heavy atom. The van der Waals surface area contributed by atoms with Crippen LogP contribution in [-0.2, 0) is 11.3 Å². The SMILES string of the molecule is CC1CCCC(NC(=O)Cn2cnc3sc(-c4ccccc4)cc3c2=O)C1C. The zero-order valence-electron chi connectivity index (χ0n) is 16.2. The van der Waals surface area contributed by atoms with Crippen molar-refractivity contribution in [2.45, 2.75) is 45.7 Å². The van der Waals surface area contributed by atoms with Crippen molar-refractivity contribution in [2.24, 2.45) is 11.8 Å². The number of nitrogens with one attached hydrogen (secondary N) is 1. The predicted octanol–water partition coefficient (Wildman–Crippen LogP) is 4.07. The molecule has 3 unspecified atom stereocenters. The molecule has 1 saturated carbocycles. The van der Waals surface area contributed by atoms with Gasteiger partial charge in [-0.1, -0.05) is 57.0 Å².